The van der Waals surface area contributed by atoms with Gasteiger partial charge in [-0.05, 0) is 11.4 Å². The van der Waals surface area contributed by atoms with Gasteiger partial charge in [0.05, 0.1) is 19.3 Å². The molecule has 0 spiro atoms. The van der Waals surface area contributed by atoms with E-state index < -0.39 is 0 Å². The molecule has 2 aromatic rings. The minimum absolute atomic E-state index is 0.0473. The van der Waals surface area contributed by atoms with Crippen molar-refractivity contribution < 1.29 is 9.53 Å². The number of carbonyl (C=O) groups excluding carboxylic acids is 1. The number of hydrogen-bond acceptors (Lipinski definition) is 6. The average molecular weight is 366 g/mol. The Kier molecular flexibility index (Phi) is 6.37. The van der Waals surface area contributed by atoms with Gasteiger partial charge in [-0.1, -0.05) is 13.0 Å². The monoisotopic (exact) mass is 365 g/mol. The van der Waals surface area contributed by atoms with Gasteiger partial charge in [0, 0.05) is 48.4 Å². The number of rotatable bonds is 7. The average Bonchev–Trinajstić information content (AvgIpc) is 3.28. The van der Waals surface area contributed by atoms with E-state index in [1.165, 1.54) is 4.88 Å². The van der Waals surface area contributed by atoms with Crippen LogP contribution in [0.3, 0.4) is 0 Å². The van der Waals surface area contributed by atoms with Crippen molar-refractivity contribution in [3.05, 3.63) is 39.0 Å². The maximum atomic E-state index is 12.7. The normalized spacial score (nSPS) is 18.2. The Morgan fingerprint density at radius 3 is 2.88 bits per heavy atom. The molecule has 1 aliphatic rings. The summed E-state index contributed by atoms with van der Waals surface area (Å²) in [6, 6.07) is 4.10. The Labute approximate surface area is 150 Å². The lowest BCUT2D eigenvalue weighted by Crippen LogP contribution is -2.43. The van der Waals surface area contributed by atoms with E-state index >= 15 is 0 Å². The molecule has 0 aromatic carbocycles. The molecule has 1 N–H and O–H groups in total. The van der Waals surface area contributed by atoms with Gasteiger partial charge in [0.15, 0.2) is 0 Å². The molecule has 7 heteroatoms. The molecule has 24 heavy (non-hydrogen) atoms. The molecule has 1 aliphatic heterocycles. The van der Waals surface area contributed by atoms with Gasteiger partial charge in [0.1, 0.15) is 5.01 Å². The quantitative estimate of drug-likeness (QED) is 0.819. The molecule has 2 atom stereocenters. The lowest BCUT2D eigenvalue weighted by molar-refractivity contribution is -0.126. The number of thiazole rings is 1. The van der Waals surface area contributed by atoms with Gasteiger partial charge in [-0.2, -0.15) is 0 Å². The predicted molar refractivity (Wildman–Crippen MR) is 97.4 cm³/mol. The zero-order chi connectivity index (χ0) is 16.8. The van der Waals surface area contributed by atoms with Crippen LogP contribution in [0.1, 0.15) is 22.9 Å². The number of amides is 1. The predicted octanol–water partition coefficient (Wildman–Crippen LogP) is 2.57. The fourth-order valence-corrected chi connectivity index (χ4v) is 4.25. The van der Waals surface area contributed by atoms with Crippen LogP contribution < -0.4 is 5.32 Å². The molecule has 5 nitrogen and oxygen atoms in total. The van der Waals surface area contributed by atoms with Crippen LogP contribution in [0, 0.1) is 5.92 Å². The zero-order valence-electron chi connectivity index (χ0n) is 13.8. The molecular weight excluding hydrogens is 342 g/mol. The second kappa shape index (κ2) is 8.71. The number of nitrogens with one attached hydrogen (secondary N) is 1. The smallest absolute Gasteiger partial charge is 0.224 e. The molecule has 1 amide bonds. The van der Waals surface area contributed by atoms with Gasteiger partial charge in [0.25, 0.3) is 0 Å². The molecule has 2 aromatic heterocycles. The first-order valence-corrected chi connectivity index (χ1v) is 10.0. The number of carbonyl (C=O) groups is 1. The summed E-state index contributed by atoms with van der Waals surface area (Å²) in [4.78, 5) is 20.6. The summed E-state index contributed by atoms with van der Waals surface area (Å²) in [6.45, 7) is 6.10. The first kappa shape index (κ1) is 17.5. The summed E-state index contributed by atoms with van der Waals surface area (Å²) in [6.07, 6.45) is 2.59. The molecule has 3 rings (SSSR count). The molecule has 0 unspecified atom stereocenters. The minimum Gasteiger partial charge on any atom is -0.379 e. The number of aromatic nitrogens is 1. The number of thiophene rings is 1. The van der Waals surface area contributed by atoms with Gasteiger partial charge < -0.3 is 10.1 Å². The summed E-state index contributed by atoms with van der Waals surface area (Å²) in [5.41, 5.74) is 0. The first-order chi connectivity index (χ1) is 11.7. The maximum absolute atomic E-state index is 12.7. The Balaban J connectivity index is 1.59. The standard InChI is InChI=1S/C17H23N3O2S2/c1-13(12-20-5-7-22-8-6-20)16(21)19-15(17-18-4-10-24-17)11-14-3-2-9-23-14/h2-4,9-10,13,15H,5-8,11-12H2,1H3,(H,19,21)/t13-,15-/m1/s1. The third kappa shape index (κ3) is 4.86. The molecule has 0 aliphatic carbocycles. The lowest BCUT2D eigenvalue weighted by atomic mass is 10.1. The van der Waals surface area contributed by atoms with Crippen molar-refractivity contribution in [2.24, 2.45) is 5.92 Å². The topological polar surface area (TPSA) is 54.5 Å². The summed E-state index contributed by atoms with van der Waals surface area (Å²) >= 11 is 3.31. The third-order valence-electron chi connectivity index (χ3n) is 4.13. The summed E-state index contributed by atoms with van der Waals surface area (Å²) in [5.74, 6) is 0.0483. The Bertz CT molecular complexity index is 610. The Morgan fingerprint density at radius 1 is 1.38 bits per heavy atom. The van der Waals surface area contributed by atoms with E-state index in [9.17, 15) is 4.79 Å². The summed E-state index contributed by atoms with van der Waals surface area (Å²) < 4.78 is 5.37. The molecule has 0 radical (unpaired) electrons. The number of nitrogens with zero attached hydrogens (tertiary/aromatic N) is 2. The zero-order valence-corrected chi connectivity index (χ0v) is 15.4. The van der Waals surface area contributed by atoms with Crippen LogP contribution >= 0.6 is 22.7 Å². The number of ether oxygens (including phenoxy) is 1. The van der Waals surface area contributed by atoms with E-state index in [0.29, 0.717) is 0 Å². The molecule has 3 heterocycles. The van der Waals surface area contributed by atoms with E-state index in [1.54, 1.807) is 28.9 Å². The van der Waals surface area contributed by atoms with E-state index in [4.69, 9.17) is 4.74 Å². The maximum Gasteiger partial charge on any atom is 0.224 e. The highest BCUT2D eigenvalue weighted by atomic mass is 32.1. The highest BCUT2D eigenvalue weighted by molar-refractivity contribution is 7.10. The first-order valence-electron chi connectivity index (χ1n) is 8.24. The van der Waals surface area contributed by atoms with E-state index in [-0.39, 0.29) is 17.9 Å². The Morgan fingerprint density at radius 2 is 2.21 bits per heavy atom. The highest BCUT2D eigenvalue weighted by Gasteiger charge is 2.23. The summed E-state index contributed by atoms with van der Waals surface area (Å²) in [7, 11) is 0. The van der Waals surface area contributed by atoms with Crippen LogP contribution in [0.5, 0.6) is 0 Å². The van der Waals surface area contributed by atoms with Crippen molar-refractivity contribution >= 4 is 28.6 Å². The molecule has 0 bridgehead atoms. The Hall–Kier alpha value is -1.28. The van der Waals surface area contributed by atoms with Gasteiger partial charge >= 0.3 is 0 Å². The number of hydrogen-bond donors (Lipinski definition) is 1. The van der Waals surface area contributed by atoms with Crippen molar-refractivity contribution in [2.75, 3.05) is 32.8 Å². The van der Waals surface area contributed by atoms with Crippen LogP contribution in [0.25, 0.3) is 0 Å². The molecule has 0 saturated carbocycles. The van der Waals surface area contributed by atoms with Crippen molar-refractivity contribution in [1.82, 2.24) is 15.2 Å². The van der Waals surface area contributed by atoms with Gasteiger partial charge in [-0.25, -0.2) is 4.98 Å². The van der Waals surface area contributed by atoms with Gasteiger partial charge in [0.2, 0.25) is 5.91 Å². The van der Waals surface area contributed by atoms with Crippen LogP contribution in [0.4, 0.5) is 0 Å². The minimum atomic E-state index is -0.0525. The number of morpholine rings is 1. The third-order valence-corrected chi connectivity index (χ3v) is 5.92. The van der Waals surface area contributed by atoms with Crippen LogP contribution in [0.15, 0.2) is 29.1 Å². The molecule has 1 fully saturated rings. The van der Waals surface area contributed by atoms with Crippen LogP contribution in [0.2, 0.25) is 0 Å². The van der Waals surface area contributed by atoms with Gasteiger partial charge in [-0.3, -0.25) is 9.69 Å². The van der Waals surface area contributed by atoms with Crippen LogP contribution in [-0.4, -0.2) is 48.6 Å². The fraction of sp³-hybridized carbons (Fsp3) is 0.529. The van der Waals surface area contributed by atoms with E-state index in [0.717, 1.165) is 44.3 Å². The van der Waals surface area contributed by atoms with E-state index in [1.807, 2.05) is 18.4 Å². The second-order valence-corrected chi connectivity index (χ2v) is 7.99. The second-order valence-electron chi connectivity index (χ2n) is 6.03. The van der Waals surface area contributed by atoms with Crippen molar-refractivity contribution in [3.63, 3.8) is 0 Å². The highest BCUT2D eigenvalue weighted by Crippen LogP contribution is 2.23. The SMILES string of the molecule is C[C@H](CN1CCOCC1)C(=O)N[C@H](Cc1cccs1)c1nccs1. The van der Waals surface area contributed by atoms with Crippen LogP contribution in [-0.2, 0) is 16.0 Å². The molecular formula is C17H23N3O2S2. The summed E-state index contributed by atoms with van der Waals surface area (Å²) in [5, 5.41) is 8.20. The van der Waals surface area contributed by atoms with Gasteiger partial charge in [-0.15, -0.1) is 22.7 Å². The molecule has 1 saturated heterocycles. The van der Waals surface area contributed by atoms with Crippen molar-refractivity contribution in [3.8, 4) is 0 Å². The largest absolute Gasteiger partial charge is 0.379 e. The fourth-order valence-electron chi connectivity index (χ4n) is 2.80. The molecule has 130 valence electrons. The lowest BCUT2D eigenvalue weighted by Gasteiger charge is -2.29. The van der Waals surface area contributed by atoms with Crippen molar-refractivity contribution in [1.29, 1.82) is 0 Å². The van der Waals surface area contributed by atoms with Crippen molar-refractivity contribution in [2.45, 2.75) is 19.4 Å². The van der Waals surface area contributed by atoms with E-state index in [2.05, 4.69) is 26.6 Å².